The molecule has 0 aliphatic heterocycles. The largest absolute Gasteiger partial charge is 0.373 e. The average molecular weight is 284 g/mol. The summed E-state index contributed by atoms with van der Waals surface area (Å²) >= 11 is 0. The molecular weight excluding hydrogens is 260 g/mol. The molecule has 0 amide bonds. The van der Waals surface area contributed by atoms with Crippen LogP contribution in [-0.2, 0) is 6.42 Å². The second-order valence-electron chi connectivity index (χ2n) is 5.48. The van der Waals surface area contributed by atoms with E-state index in [0.29, 0.717) is 5.92 Å². The Morgan fingerprint density at radius 3 is 2.19 bits per heavy atom. The van der Waals surface area contributed by atoms with Gasteiger partial charge >= 0.3 is 0 Å². The molecular formula is C17H24N4. The van der Waals surface area contributed by atoms with Gasteiger partial charge in [0, 0.05) is 24.2 Å². The lowest BCUT2D eigenvalue weighted by atomic mass is 10.1. The molecule has 2 N–H and O–H groups in total. The van der Waals surface area contributed by atoms with Crippen molar-refractivity contribution >= 4 is 17.3 Å². The molecule has 0 aliphatic carbocycles. The topological polar surface area (TPSA) is 49.8 Å². The molecule has 0 spiro atoms. The highest BCUT2D eigenvalue weighted by molar-refractivity contribution is 5.64. The number of hydrogen-bond acceptors (Lipinski definition) is 4. The summed E-state index contributed by atoms with van der Waals surface area (Å²) in [4.78, 5) is 9.21. The van der Waals surface area contributed by atoms with Gasteiger partial charge in [-0.25, -0.2) is 9.97 Å². The van der Waals surface area contributed by atoms with Crippen molar-refractivity contribution in [1.82, 2.24) is 9.97 Å². The van der Waals surface area contributed by atoms with Gasteiger partial charge in [-0.2, -0.15) is 0 Å². The molecule has 4 nitrogen and oxygen atoms in total. The minimum atomic E-state index is 0.292. The molecule has 0 saturated heterocycles. The molecule has 0 unspecified atom stereocenters. The monoisotopic (exact) mass is 284 g/mol. The summed E-state index contributed by atoms with van der Waals surface area (Å²) < 4.78 is 0. The number of nitrogens with one attached hydrogen (secondary N) is 2. The molecule has 2 rings (SSSR count). The lowest BCUT2D eigenvalue weighted by Gasteiger charge is -2.15. The second kappa shape index (κ2) is 6.57. The predicted octanol–water partition coefficient (Wildman–Crippen LogP) is 4.26. The maximum absolute atomic E-state index is 4.66. The summed E-state index contributed by atoms with van der Waals surface area (Å²) in [5.41, 5.74) is 3.41. The third kappa shape index (κ3) is 3.51. The van der Waals surface area contributed by atoms with Gasteiger partial charge in [-0.3, -0.25) is 0 Å². The predicted molar refractivity (Wildman–Crippen MR) is 89.5 cm³/mol. The van der Waals surface area contributed by atoms with Gasteiger partial charge in [0.2, 0.25) is 0 Å². The Hall–Kier alpha value is -2.10. The highest BCUT2D eigenvalue weighted by atomic mass is 15.1. The zero-order valence-electron chi connectivity index (χ0n) is 13.5. The minimum absolute atomic E-state index is 0.292. The third-order valence-electron chi connectivity index (χ3n) is 3.54. The van der Waals surface area contributed by atoms with Crippen molar-refractivity contribution in [1.29, 1.82) is 0 Å². The van der Waals surface area contributed by atoms with Crippen LogP contribution < -0.4 is 10.6 Å². The lowest BCUT2D eigenvalue weighted by Crippen LogP contribution is -2.08. The van der Waals surface area contributed by atoms with Crippen LogP contribution in [0.5, 0.6) is 0 Å². The molecule has 0 fully saturated rings. The summed E-state index contributed by atoms with van der Waals surface area (Å²) in [6.45, 7) is 8.39. The first-order chi connectivity index (χ1) is 10.0. The number of aromatic nitrogens is 2. The smallest absolute Gasteiger partial charge is 0.139 e. The summed E-state index contributed by atoms with van der Waals surface area (Å²) in [5.74, 6) is 2.88. The van der Waals surface area contributed by atoms with Gasteiger partial charge in [-0.15, -0.1) is 0 Å². The quantitative estimate of drug-likeness (QED) is 0.861. The zero-order chi connectivity index (χ0) is 15.4. The molecule has 0 bridgehead atoms. The van der Waals surface area contributed by atoms with Gasteiger partial charge < -0.3 is 10.6 Å². The maximum Gasteiger partial charge on any atom is 0.139 e. The number of hydrogen-bond donors (Lipinski definition) is 2. The number of rotatable bonds is 5. The van der Waals surface area contributed by atoms with Crippen molar-refractivity contribution in [3.8, 4) is 0 Å². The van der Waals surface area contributed by atoms with Crippen molar-refractivity contribution in [2.75, 3.05) is 17.7 Å². The Labute approximate surface area is 127 Å². The van der Waals surface area contributed by atoms with E-state index in [1.807, 2.05) is 14.0 Å². The van der Waals surface area contributed by atoms with E-state index in [1.54, 1.807) is 0 Å². The molecule has 1 aromatic heterocycles. The van der Waals surface area contributed by atoms with Crippen LogP contribution in [0.1, 0.15) is 43.6 Å². The number of nitrogens with zero attached hydrogens (tertiary/aromatic N) is 2. The standard InChI is InChI=1S/C17H24N4/c1-6-13-7-9-14(10-8-13)19-17-12(4)16(18-5)20-15(21-17)11(2)3/h7-11H,6H2,1-5H3,(H2,18,19,20,21). The van der Waals surface area contributed by atoms with E-state index in [-0.39, 0.29) is 0 Å². The van der Waals surface area contributed by atoms with E-state index in [2.05, 4.69) is 65.6 Å². The summed E-state index contributed by atoms with van der Waals surface area (Å²) in [7, 11) is 1.89. The molecule has 0 aliphatic rings. The average Bonchev–Trinajstić information content (AvgIpc) is 2.49. The van der Waals surface area contributed by atoms with Crippen LogP contribution in [0.2, 0.25) is 0 Å². The van der Waals surface area contributed by atoms with Crippen molar-refractivity contribution in [2.24, 2.45) is 0 Å². The third-order valence-corrected chi connectivity index (χ3v) is 3.54. The van der Waals surface area contributed by atoms with Crippen LogP contribution in [0.4, 0.5) is 17.3 Å². The first-order valence-electron chi connectivity index (χ1n) is 7.47. The van der Waals surface area contributed by atoms with Crippen LogP contribution in [0.3, 0.4) is 0 Å². The van der Waals surface area contributed by atoms with Gasteiger partial charge in [0.25, 0.3) is 0 Å². The first-order valence-corrected chi connectivity index (χ1v) is 7.47. The zero-order valence-corrected chi connectivity index (χ0v) is 13.5. The molecule has 4 heteroatoms. The fourth-order valence-corrected chi connectivity index (χ4v) is 2.12. The molecule has 112 valence electrons. The van der Waals surface area contributed by atoms with Gasteiger partial charge in [0.1, 0.15) is 17.5 Å². The van der Waals surface area contributed by atoms with E-state index >= 15 is 0 Å². The normalized spacial score (nSPS) is 10.8. The highest BCUT2D eigenvalue weighted by Crippen LogP contribution is 2.25. The van der Waals surface area contributed by atoms with Crippen LogP contribution in [0, 0.1) is 6.92 Å². The molecule has 0 atom stereocenters. The van der Waals surface area contributed by atoms with Gasteiger partial charge in [-0.1, -0.05) is 32.9 Å². The fourth-order valence-electron chi connectivity index (χ4n) is 2.12. The fraction of sp³-hybridized carbons (Fsp3) is 0.412. The summed E-state index contributed by atoms with van der Waals surface area (Å²) in [6, 6.07) is 8.46. The minimum Gasteiger partial charge on any atom is -0.373 e. The molecule has 21 heavy (non-hydrogen) atoms. The van der Waals surface area contributed by atoms with E-state index < -0.39 is 0 Å². The van der Waals surface area contributed by atoms with Crippen molar-refractivity contribution in [3.63, 3.8) is 0 Å². The SMILES string of the molecule is CCc1ccc(Nc2nc(C(C)C)nc(NC)c2C)cc1. The Morgan fingerprint density at radius 2 is 1.67 bits per heavy atom. The Bertz CT molecular complexity index is 603. The van der Waals surface area contributed by atoms with Crippen LogP contribution in [-0.4, -0.2) is 17.0 Å². The number of anilines is 3. The Balaban J connectivity index is 2.35. The van der Waals surface area contributed by atoms with Gasteiger partial charge in [0.15, 0.2) is 0 Å². The molecule has 1 heterocycles. The van der Waals surface area contributed by atoms with E-state index in [1.165, 1.54) is 5.56 Å². The van der Waals surface area contributed by atoms with E-state index in [0.717, 1.165) is 35.1 Å². The first kappa shape index (κ1) is 15.3. The highest BCUT2D eigenvalue weighted by Gasteiger charge is 2.12. The van der Waals surface area contributed by atoms with Crippen molar-refractivity contribution < 1.29 is 0 Å². The molecule has 2 aromatic rings. The van der Waals surface area contributed by atoms with Crippen molar-refractivity contribution in [3.05, 3.63) is 41.2 Å². The van der Waals surface area contributed by atoms with Crippen molar-refractivity contribution in [2.45, 2.75) is 40.0 Å². The molecule has 0 saturated carbocycles. The molecule has 1 aromatic carbocycles. The van der Waals surface area contributed by atoms with Gasteiger partial charge in [-0.05, 0) is 31.0 Å². The number of aryl methyl sites for hydroxylation is 1. The van der Waals surface area contributed by atoms with E-state index in [9.17, 15) is 0 Å². The lowest BCUT2D eigenvalue weighted by molar-refractivity contribution is 0.775. The maximum atomic E-state index is 4.66. The van der Waals surface area contributed by atoms with E-state index in [4.69, 9.17) is 0 Å². The second-order valence-corrected chi connectivity index (χ2v) is 5.48. The summed E-state index contributed by atoms with van der Waals surface area (Å²) in [6.07, 6.45) is 1.05. The molecule has 0 radical (unpaired) electrons. The van der Waals surface area contributed by atoms with Crippen LogP contribution >= 0.6 is 0 Å². The summed E-state index contributed by atoms with van der Waals surface area (Å²) in [5, 5.41) is 6.55. The van der Waals surface area contributed by atoms with Crippen LogP contribution in [0.15, 0.2) is 24.3 Å². The van der Waals surface area contributed by atoms with Crippen LogP contribution in [0.25, 0.3) is 0 Å². The Kier molecular flexibility index (Phi) is 4.78. The number of benzene rings is 1. The van der Waals surface area contributed by atoms with Gasteiger partial charge in [0.05, 0.1) is 0 Å². The Morgan fingerprint density at radius 1 is 1.05 bits per heavy atom.